The molecule has 1 heterocycles. The largest absolute Gasteiger partial charge is 0.478 e. The van der Waals surface area contributed by atoms with Crippen LogP contribution in [-0.2, 0) is 34.5 Å². The zero-order valence-electron chi connectivity index (χ0n) is 26.3. The van der Waals surface area contributed by atoms with Crippen molar-refractivity contribution in [3.8, 4) is 22.5 Å². The molecule has 2 aliphatic rings. The lowest BCUT2D eigenvalue weighted by atomic mass is 9.88. The van der Waals surface area contributed by atoms with Gasteiger partial charge in [-0.1, -0.05) is 6.07 Å². The Morgan fingerprint density at radius 2 is 1.57 bits per heavy atom. The highest BCUT2D eigenvalue weighted by atomic mass is 32.2. The van der Waals surface area contributed by atoms with Gasteiger partial charge in [0.1, 0.15) is 0 Å². The molecule has 2 aromatic rings. The second kappa shape index (κ2) is 15.2. The maximum absolute atomic E-state index is 13.3. The van der Waals surface area contributed by atoms with E-state index in [1.54, 1.807) is 0 Å². The number of carbonyl (C=O) groups excluding carboxylic acids is 2. The van der Waals surface area contributed by atoms with E-state index >= 15 is 0 Å². The number of benzene rings is 3. The molecule has 0 unspecified atom stereocenters. The Kier molecular flexibility index (Phi) is 11.5. The lowest BCUT2D eigenvalue weighted by Crippen LogP contribution is -2.24. The number of rotatable bonds is 15. The number of nitrogens with one attached hydrogen (secondary N) is 1. The number of carboxylic acids is 1. The Bertz CT molecular complexity index is 2190. The number of carboxylic acid groups (broad SMARTS) is 1. The fourth-order valence-corrected chi connectivity index (χ4v) is 6.73. The number of nitrogens with zero attached hydrogens (tertiary/aromatic N) is 1. The molecular formula is C31H33N3O13S2. The topological polar surface area (TPSA) is 262 Å². The van der Waals surface area contributed by atoms with Crippen LogP contribution in [0.5, 0.6) is 0 Å². The van der Waals surface area contributed by atoms with Gasteiger partial charge in [0.25, 0.3) is 20.2 Å². The first kappa shape index (κ1) is 37.1. The Balaban J connectivity index is 1.80. The molecule has 0 aromatic heterocycles. The van der Waals surface area contributed by atoms with E-state index < -0.39 is 58.8 Å². The van der Waals surface area contributed by atoms with Crippen molar-refractivity contribution in [1.82, 2.24) is 5.32 Å². The van der Waals surface area contributed by atoms with Gasteiger partial charge in [-0.25, -0.2) is 4.79 Å². The van der Waals surface area contributed by atoms with Gasteiger partial charge in [-0.05, 0) is 48.4 Å². The van der Waals surface area contributed by atoms with E-state index in [1.807, 2.05) is 0 Å². The van der Waals surface area contributed by atoms with Crippen LogP contribution in [0.25, 0.3) is 33.4 Å². The number of ketones is 1. The first-order valence-electron chi connectivity index (χ1n) is 14.6. The number of amides is 1. The number of nitrogens with two attached hydrogens (primary N) is 1. The smallest absolute Gasteiger partial charge is 0.336 e. The van der Waals surface area contributed by atoms with Crippen molar-refractivity contribution < 1.29 is 59.3 Å². The molecule has 0 saturated heterocycles. The number of anilines is 1. The lowest BCUT2D eigenvalue weighted by molar-refractivity contribution is -0.119. The molecular weight excluding hydrogens is 686 g/mol. The summed E-state index contributed by atoms with van der Waals surface area (Å²) in [6.07, 6.45) is 0.299. The van der Waals surface area contributed by atoms with Gasteiger partial charge in [0.15, 0.2) is 26.9 Å². The minimum absolute atomic E-state index is 0.00142. The van der Waals surface area contributed by atoms with Crippen molar-refractivity contribution >= 4 is 54.6 Å². The average molecular weight is 720 g/mol. The van der Waals surface area contributed by atoms with E-state index in [0.29, 0.717) is 19.6 Å². The molecule has 0 atom stereocenters. The van der Waals surface area contributed by atoms with Crippen LogP contribution in [0, 0.1) is 0 Å². The fourth-order valence-electron chi connectivity index (χ4n) is 5.17. The maximum atomic E-state index is 13.3. The summed E-state index contributed by atoms with van der Waals surface area (Å²) in [6.45, 7) is 2.80. The van der Waals surface area contributed by atoms with E-state index in [2.05, 4.69) is 10.3 Å². The lowest BCUT2D eigenvalue weighted by Gasteiger charge is -2.20. The number of ether oxygens (including phenoxy) is 2. The van der Waals surface area contributed by atoms with Crippen molar-refractivity contribution in [2.75, 3.05) is 45.8 Å². The number of Topliss-reactive ketones (excluding diaryl/α,β-unsaturated/α-hetero) is 1. The summed E-state index contributed by atoms with van der Waals surface area (Å²) in [7, 11) is -9.01. The third kappa shape index (κ3) is 8.48. The molecule has 1 amide bonds. The van der Waals surface area contributed by atoms with Gasteiger partial charge < -0.3 is 30.0 Å². The number of fused-ring (bicyclic) bond motifs is 2. The molecule has 4 rings (SSSR count). The summed E-state index contributed by atoms with van der Waals surface area (Å²) in [4.78, 5) is 38.7. The van der Waals surface area contributed by atoms with Gasteiger partial charge in [-0.15, -0.1) is 0 Å². The average Bonchev–Trinajstić information content (AvgIpc) is 3.02. The molecule has 0 radical (unpaired) electrons. The molecule has 0 saturated carbocycles. The van der Waals surface area contributed by atoms with Crippen molar-refractivity contribution in [2.24, 2.45) is 4.99 Å². The van der Waals surface area contributed by atoms with E-state index in [4.69, 9.17) is 19.6 Å². The highest BCUT2D eigenvalue weighted by molar-refractivity contribution is 7.86. The summed E-state index contributed by atoms with van der Waals surface area (Å²) in [5.74, 6) is -2.62. The van der Waals surface area contributed by atoms with Crippen molar-refractivity contribution in [2.45, 2.75) is 29.6 Å². The number of aromatic carboxylic acids is 1. The van der Waals surface area contributed by atoms with Crippen LogP contribution >= 0.6 is 0 Å². The van der Waals surface area contributed by atoms with Crippen LogP contribution in [0.4, 0.5) is 5.69 Å². The molecule has 49 heavy (non-hydrogen) atoms. The van der Waals surface area contributed by atoms with Gasteiger partial charge in [0, 0.05) is 55.6 Å². The zero-order valence-corrected chi connectivity index (χ0v) is 27.9. The number of nitrogen functional groups attached to an aromatic ring is 1. The fraction of sp³-hybridized carbons (Fsp3) is 0.290. The molecule has 2 aromatic carbocycles. The Labute approximate surface area is 280 Å². The third-order valence-corrected chi connectivity index (χ3v) is 9.11. The van der Waals surface area contributed by atoms with Gasteiger partial charge >= 0.3 is 5.97 Å². The number of hydrogen-bond acceptors (Lipinski definition) is 12. The first-order chi connectivity index (χ1) is 23.1. The second-order valence-electron chi connectivity index (χ2n) is 10.6. The molecule has 1 aliphatic carbocycles. The predicted octanol–water partition coefficient (Wildman–Crippen LogP) is 2.64. The van der Waals surface area contributed by atoms with E-state index in [9.17, 15) is 45.4 Å². The standard InChI is InChI=1S/C31H33N3O13S2/c1-17(35)34-11-13-46-15-14-45-12-3-4-25(36)18-5-6-19(31(37)38)22(16-18)26-20-7-9-23(32)29(48(39,40)41)27(20)47-28-21(26)8-10-24(33-2)30(28)49(42,43)44/h5-10,16H,3-4,11-15,32H2,1-2H3,(H,34,35)(H,37,38)(H,39,40,41)(H,42,43,44). The molecule has 262 valence electrons. The van der Waals surface area contributed by atoms with Crippen molar-refractivity contribution in [3.63, 3.8) is 0 Å². The minimum Gasteiger partial charge on any atom is -0.478 e. The summed E-state index contributed by atoms with van der Waals surface area (Å²) < 4.78 is 87.0. The van der Waals surface area contributed by atoms with Gasteiger partial charge in [0.05, 0.1) is 36.4 Å². The monoisotopic (exact) mass is 719 g/mol. The Morgan fingerprint density at radius 3 is 2.18 bits per heavy atom. The number of carbonyl (C=O) groups is 3. The predicted molar refractivity (Wildman–Crippen MR) is 175 cm³/mol. The van der Waals surface area contributed by atoms with E-state index in [1.165, 1.54) is 50.4 Å². The second-order valence-corrected chi connectivity index (χ2v) is 13.3. The van der Waals surface area contributed by atoms with Crippen molar-refractivity contribution in [3.05, 3.63) is 58.9 Å². The minimum atomic E-state index is -5.13. The molecule has 0 fully saturated rings. The molecule has 0 bridgehead atoms. The summed E-state index contributed by atoms with van der Waals surface area (Å²) in [5.41, 5.74) is 4.16. The Hall–Kier alpha value is -4.72. The molecule has 18 heteroatoms. The molecule has 1 aliphatic heterocycles. The Morgan fingerprint density at radius 1 is 0.898 bits per heavy atom. The highest BCUT2D eigenvalue weighted by Crippen LogP contribution is 2.46. The number of hydrogen-bond donors (Lipinski definition) is 5. The summed E-state index contributed by atoms with van der Waals surface area (Å²) in [6, 6.07) is 8.69. The SMILES string of the molecule is CN=c1ccc2c(-c3cc(C(=O)CCCOCCOCCNC(C)=O)ccc3C(=O)O)c3ccc(N)c(S(=O)(=O)O)c3oc-2c1S(=O)(=O)O. The molecule has 6 N–H and O–H groups in total. The maximum Gasteiger partial charge on any atom is 0.336 e. The van der Waals surface area contributed by atoms with Crippen LogP contribution in [-0.4, -0.2) is 88.7 Å². The van der Waals surface area contributed by atoms with Crippen LogP contribution in [0.2, 0.25) is 0 Å². The molecule has 16 nitrogen and oxygen atoms in total. The normalized spacial score (nSPS) is 12.4. The van der Waals surface area contributed by atoms with Crippen LogP contribution in [0.15, 0.2) is 61.7 Å². The van der Waals surface area contributed by atoms with E-state index in [-0.39, 0.29) is 70.7 Å². The van der Waals surface area contributed by atoms with Gasteiger partial charge in [0.2, 0.25) is 5.91 Å². The van der Waals surface area contributed by atoms with Gasteiger partial charge in [-0.3, -0.25) is 23.7 Å². The zero-order chi connectivity index (χ0) is 36.1. The summed E-state index contributed by atoms with van der Waals surface area (Å²) >= 11 is 0. The van der Waals surface area contributed by atoms with Crippen LogP contribution in [0.3, 0.4) is 0 Å². The highest BCUT2D eigenvalue weighted by Gasteiger charge is 2.32. The van der Waals surface area contributed by atoms with Gasteiger partial charge in [-0.2, -0.15) is 16.8 Å². The summed E-state index contributed by atoms with van der Waals surface area (Å²) in [5, 5.41) is 12.4. The quantitative estimate of drug-likeness (QED) is 0.0389. The first-order valence-corrected chi connectivity index (χ1v) is 17.4. The third-order valence-electron chi connectivity index (χ3n) is 7.26. The van der Waals surface area contributed by atoms with Crippen LogP contribution in [0.1, 0.15) is 40.5 Å². The van der Waals surface area contributed by atoms with Crippen molar-refractivity contribution in [1.29, 1.82) is 0 Å². The van der Waals surface area contributed by atoms with E-state index in [0.717, 1.165) is 6.07 Å². The molecule has 0 spiro atoms. The van der Waals surface area contributed by atoms with Crippen LogP contribution < -0.4 is 16.4 Å².